The van der Waals surface area contributed by atoms with E-state index in [1.807, 2.05) is 0 Å². The van der Waals surface area contributed by atoms with Crippen LogP contribution >= 0.6 is 0 Å². The minimum absolute atomic E-state index is 0.327. The number of rotatable bonds is 4. The van der Waals surface area contributed by atoms with Gasteiger partial charge in [-0.15, -0.1) is 0 Å². The highest BCUT2D eigenvalue weighted by Crippen LogP contribution is 2.48. The number of hydrogen-bond acceptors (Lipinski definition) is 4. The van der Waals surface area contributed by atoms with E-state index in [2.05, 4.69) is 0 Å². The molecule has 17 heavy (non-hydrogen) atoms. The summed E-state index contributed by atoms with van der Waals surface area (Å²) in [6.07, 6.45) is 1.30. The Kier molecular flexibility index (Phi) is 2.91. The first-order valence-electron chi connectivity index (χ1n) is 5.58. The van der Waals surface area contributed by atoms with Gasteiger partial charge in [-0.25, -0.2) is 8.42 Å². The minimum Gasteiger partial charge on any atom is -0.497 e. The number of nitrogens with two attached hydrogens (primary N) is 1. The zero-order valence-corrected chi connectivity index (χ0v) is 10.8. The van der Waals surface area contributed by atoms with Crippen molar-refractivity contribution in [3.8, 4) is 5.75 Å². The van der Waals surface area contributed by atoms with Gasteiger partial charge in [-0.05, 0) is 44.0 Å². The maximum absolute atomic E-state index is 12.4. The molecule has 1 atom stereocenters. The normalized spacial score (nSPS) is 19.7. The molecule has 1 aromatic carbocycles. The molecule has 1 aromatic rings. The summed E-state index contributed by atoms with van der Waals surface area (Å²) < 4.78 is 29.1. The van der Waals surface area contributed by atoms with Crippen molar-refractivity contribution in [1.29, 1.82) is 0 Å². The average Bonchev–Trinajstić information content (AvgIpc) is 3.10. The van der Waals surface area contributed by atoms with Crippen LogP contribution in [0.25, 0.3) is 0 Å². The molecule has 0 spiro atoms. The van der Waals surface area contributed by atoms with Crippen molar-refractivity contribution in [2.75, 3.05) is 7.11 Å². The van der Waals surface area contributed by atoms with Crippen LogP contribution in [0.2, 0.25) is 0 Å². The predicted molar refractivity (Wildman–Crippen MR) is 65.8 cm³/mol. The average molecular weight is 255 g/mol. The molecule has 0 heterocycles. The van der Waals surface area contributed by atoms with Crippen molar-refractivity contribution in [1.82, 2.24) is 0 Å². The monoisotopic (exact) mass is 255 g/mol. The molecule has 0 bridgehead atoms. The van der Waals surface area contributed by atoms with Crippen LogP contribution in [0.3, 0.4) is 0 Å². The number of hydrogen-bond donors (Lipinski definition) is 1. The van der Waals surface area contributed by atoms with Gasteiger partial charge in [0.2, 0.25) is 0 Å². The summed E-state index contributed by atoms with van der Waals surface area (Å²) in [6.45, 7) is 1.76. The third-order valence-electron chi connectivity index (χ3n) is 3.48. The molecule has 1 saturated carbocycles. The van der Waals surface area contributed by atoms with Crippen LogP contribution in [0.4, 0.5) is 0 Å². The highest BCUT2D eigenvalue weighted by molar-refractivity contribution is 7.93. The SMILES string of the molecule is COc1ccc(S(=O)(=O)C2(C(C)N)CC2)cc1. The topological polar surface area (TPSA) is 69.4 Å². The summed E-state index contributed by atoms with van der Waals surface area (Å²) in [5, 5.41) is 0. The van der Waals surface area contributed by atoms with Crippen molar-refractivity contribution in [2.24, 2.45) is 5.73 Å². The summed E-state index contributed by atoms with van der Waals surface area (Å²) in [7, 11) is -1.78. The molecule has 2 N–H and O–H groups in total. The van der Waals surface area contributed by atoms with E-state index in [0.29, 0.717) is 23.5 Å². The Hall–Kier alpha value is -1.07. The van der Waals surface area contributed by atoms with Gasteiger partial charge in [0, 0.05) is 6.04 Å². The first-order valence-corrected chi connectivity index (χ1v) is 7.06. The second-order valence-electron chi connectivity index (χ2n) is 4.53. The second-order valence-corrected chi connectivity index (χ2v) is 6.82. The standard InChI is InChI=1S/C12H17NO3S/c1-9(13)12(7-8-12)17(14,15)11-5-3-10(16-2)4-6-11/h3-6,9H,7-8,13H2,1-2H3. The van der Waals surface area contributed by atoms with Crippen LogP contribution in [0.5, 0.6) is 5.75 Å². The third-order valence-corrected chi connectivity index (χ3v) is 6.22. The third kappa shape index (κ3) is 1.83. The van der Waals surface area contributed by atoms with Crippen molar-refractivity contribution in [2.45, 2.75) is 35.4 Å². The lowest BCUT2D eigenvalue weighted by Crippen LogP contribution is -2.40. The molecule has 94 valence electrons. The van der Waals surface area contributed by atoms with E-state index in [-0.39, 0.29) is 6.04 Å². The summed E-state index contributed by atoms with van der Waals surface area (Å²) in [4.78, 5) is 0.327. The van der Waals surface area contributed by atoms with E-state index < -0.39 is 14.6 Å². The highest BCUT2D eigenvalue weighted by atomic mass is 32.2. The van der Waals surface area contributed by atoms with Gasteiger partial charge in [-0.1, -0.05) is 0 Å². The molecule has 0 aliphatic heterocycles. The molecule has 1 aliphatic rings. The Morgan fingerprint density at radius 1 is 1.29 bits per heavy atom. The van der Waals surface area contributed by atoms with Crippen LogP contribution < -0.4 is 10.5 Å². The lowest BCUT2D eigenvalue weighted by atomic mass is 10.2. The Morgan fingerprint density at radius 3 is 2.18 bits per heavy atom. The van der Waals surface area contributed by atoms with Crippen LogP contribution in [0, 0.1) is 0 Å². The maximum atomic E-state index is 12.4. The van der Waals surface area contributed by atoms with Gasteiger partial charge < -0.3 is 10.5 Å². The fraction of sp³-hybridized carbons (Fsp3) is 0.500. The molecule has 0 radical (unpaired) electrons. The molecular weight excluding hydrogens is 238 g/mol. The van der Waals surface area contributed by atoms with Crippen LogP contribution in [-0.4, -0.2) is 26.3 Å². The summed E-state index contributed by atoms with van der Waals surface area (Å²) in [5.74, 6) is 0.648. The first-order chi connectivity index (χ1) is 7.94. The molecule has 4 nitrogen and oxygen atoms in total. The van der Waals surface area contributed by atoms with E-state index in [1.165, 1.54) is 0 Å². The summed E-state index contributed by atoms with van der Waals surface area (Å²) in [5.41, 5.74) is 5.81. The highest BCUT2D eigenvalue weighted by Gasteiger charge is 2.57. The molecular formula is C12H17NO3S. The van der Waals surface area contributed by atoms with Crippen LogP contribution in [0.15, 0.2) is 29.2 Å². The zero-order chi connectivity index (χ0) is 12.7. The number of sulfone groups is 1. The smallest absolute Gasteiger partial charge is 0.185 e. The van der Waals surface area contributed by atoms with Crippen molar-refractivity contribution < 1.29 is 13.2 Å². The van der Waals surface area contributed by atoms with Gasteiger partial charge in [0.05, 0.1) is 16.8 Å². The predicted octanol–water partition coefficient (Wildman–Crippen LogP) is 1.35. The lowest BCUT2D eigenvalue weighted by Gasteiger charge is -2.20. The number of ether oxygens (including phenoxy) is 1. The molecule has 0 aromatic heterocycles. The Bertz CT molecular complexity index is 501. The molecule has 1 unspecified atom stereocenters. The van der Waals surface area contributed by atoms with E-state index in [9.17, 15) is 8.42 Å². The summed E-state index contributed by atoms with van der Waals surface area (Å²) in [6, 6.07) is 6.14. The zero-order valence-electron chi connectivity index (χ0n) is 10.0. The second kappa shape index (κ2) is 3.99. The van der Waals surface area contributed by atoms with Crippen LogP contribution in [0.1, 0.15) is 19.8 Å². The quantitative estimate of drug-likeness (QED) is 0.881. The summed E-state index contributed by atoms with van der Waals surface area (Å²) >= 11 is 0. The van der Waals surface area contributed by atoms with E-state index in [0.717, 1.165) is 0 Å². The number of benzene rings is 1. The van der Waals surface area contributed by atoms with Gasteiger partial charge in [-0.2, -0.15) is 0 Å². The molecule has 2 rings (SSSR count). The van der Waals surface area contributed by atoms with Gasteiger partial charge in [0.1, 0.15) is 5.75 Å². The molecule has 1 aliphatic carbocycles. The molecule has 0 saturated heterocycles. The van der Waals surface area contributed by atoms with Crippen LogP contribution in [-0.2, 0) is 9.84 Å². The van der Waals surface area contributed by atoms with Crippen molar-refractivity contribution in [3.05, 3.63) is 24.3 Å². The minimum atomic E-state index is -3.33. The molecule has 0 amide bonds. The first kappa shape index (κ1) is 12.4. The van der Waals surface area contributed by atoms with E-state index in [1.54, 1.807) is 38.3 Å². The van der Waals surface area contributed by atoms with E-state index in [4.69, 9.17) is 10.5 Å². The lowest BCUT2D eigenvalue weighted by molar-refractivity contribution is 0.414. The fourth-order valence-electron chi connectivity index (χ4n) is 2.08. The Labute approximate surface area is 102 Å². The Balaban J connectivity index is 2.39. The van der Waals surface area contributed by atoms with Gasteiger partial charge in [-0.3, -0.25) is 0 Å². The molecule has 1 fully saturated rings. The van der Waals surface area contributed by atoms with Gasteiger partial charge in [0.15, 0.2) is 9.84 Å². The molecule has 5 heteroatoms. The number of methoxy groups -OCH3 is 1. The Morgan fingerprint density at radius 2 is 1.82 bits per heavy atom. The van der Waals surface area contributed by atoms with Crippen molar-refractivity contribution >= 4 is 9.84 Å². The van der Waals surface area contributed by atoms with Crippen molar-refractivity contribution in [3.63, 3.8) is 0 Å². The largest absolute Gasteiger partial charge is 0.497 e. The fourth-order valence-corrected chi connectivity index (χ4v) is 4.17. The van der Waals surface area contributed by atoms with E-state index >= 15 is 0 Å². The maximum Gasteiger partial charge on any atom is 0.185 e. The van der Waals surface area contributed by atoms with Gasteiger partial charge >= 0.3 is 0 Å². The van der Waals surface area contributed by atoms with Gasteiger partial charge in [0.25, 0.3) is 0 Å².